The van der Waals surface area contributed by atoms with Gasteiger partial charge in [-0.25, -0.2) is 0 Å². The van der Waals surface area contributed by atoms with E-state index < -0.39 is 37.3 Å². The fourth-order valence-corrected chi connectivity index (χ4v) is 6.12. The van der Waals surface area contributed by atoms with Crippen molar-refractivity contribution < 1.29 is 34.7 Å². The second kappa shape index (κ2) is 7.57. The molecular formula is C19H31NO7. The molecule has 4 aliphatic carbocycles. The molecule has 4 bridgehead atoms. The summed E-state index contributed by atoms with van der Waals surface area (Å²) in [5.41, 5.74) is -0.210. The molecule has 5 rings (SSSR count). The Labute approximate surface area is 158 Å². The minimum Gasteiger partial charge on any atom is -0.394 e. The Bertz CT molecular complexity index is 519. The van der Waals surface area contributed by atoms with Gasteiger partial charge in [-0.05, 0) is 56.3 Å². The maximum Gasteiger partial charge on any atom is 0.226 e. The number of nitrogens with one attached hydrogen (secondary N) is 1. The highest BCUT2D eigenvalue weighted by atomic mass is 16.7. The van der Waals surface area contributed by atoms with Gasteiger partial charge in [0, 0.05) is 12.0 Å². The van der Waals surface area contributed by atoms with Gasteiger partial charge in [-0.15, -0.1) is 0 Å². The second-order valence-corrected chi connectivity index (χ2v) is 9.02. The molecule has 154 valence electrons. The first kappa shape index (κ1) is 19.5. The van der Waals surface area contributed by atoms with Gasteiger partial charge < -0.3 is 35.2 Å². The quantitative estimate of drug-likeness (QED) is 0.376. The second-order valence-electron chi connectivity index (χ2n) is 9.02. The lowest BCUT2D eigenvalue weighted by molar-refractivity contribution is -0.300. The summed E-state index contributed by atoms with van der Waals surface area (Å²) >= 11 is 0. The molecule has 8 nitrogen and oxygen atoms in total. The summed E-state index contributed by atoms with van der Waals surface area (Å²) in [6.45, 7) is -0.0933. The summed E-state index contributed by atoms with van der Waals surface area (Å²) in [6.07, 6.45) is 0.429. The highest BCUT2D eigenvalue weighted by Gasteiger charge is 2.54. The van der Waals surface area contributed by atoms with Crippen LogP contribution in [0.25, 0.3) is 0 Å². The van der Waals surface area contributed by atoms with Gasteiger partial charge in [0.15, 0.2) is 6.29 Å². The van der Waals surface area contributed by atoms with Crippen molar-refractivity contribution in [3.63, 3.8) is 0 Å². The van der Waals surface area contributed by atoms with Crippen molar-refractivity contribution in [2.45, 2.75) is 69.2 Å². The number of hydrogen-bond acceptors (Lipinski definition) is 7. The molecule has 4 saturated carbocycles. The molecule has 5 aliphatic rings. The molecule has 0 aromatic rings. The van der Waals surface area contributed by atoms with E-state index in [9.17, 15) is 25.2 Å². The molecule has 0 aromatic carbocycles. The van der Waals surface area contributed by atoms with Crippen LogP contribution in [0.4, 0.5) is 0 Å². The molecule has 0 aromatic heterocycles. The average molecular weight is 385 g/mol. The maximum absolute atomic E-state index is 12.9. The van der Waals surface area contributed by atoms with Gasteiger partial charge in [0.05, 0.1) is 13.2 Å². The predicted octanol–water partition coefficient (Wildman–Crippen LogP) is -0.864. The molecule has 5 fully saturated rings. The van der Waals surface area contributed by atoms with Gasteiger partial charge in [-0.1, -0.05) is 0 Å². The number of aliphatic hydroxyl groups is 4. The summed E-state index contributed by atoms with van der Waals surface area (Å²) in [5.74, 6) is 2.21. The Morgan fingerprint density at radius 1 is 1.00 bits per heavy atom. The van der Waals surface area contributed by atoms with Crippen molar-refractivity contribution in [3.8, 4) is 0 Å². The lowest BCUT2D eigenvalue weighted by Crippen LogP contribution is -2.59. The van der Waals surface area contributed by atoms with E-state index in [0.29, 0.717) is 17.8 Å². The Balaban J connectivity index is 1.25. The minimum absolute atomic E-state index is 0.110. The lowest BCUT2D eigenvalue weighted by Gasteiger charge is -2.55. The Kier molecular flexibility index (Phi) is 5.48. The number of carbonyl (C=O) groups excluding carboxylic acids is 1. The molecule has 1 heterocycles. The summed E-state index contributed by atoms with van der Waals surface area (Å²) in [5, 5.41) is 41.7. The molecule has 0 spiro atoms. The third-order valence-corrected chi connectivity index (χ3v) is 7.04. The van der Waals surface area contributed by atoms with E-state index in [2.05, 4.69) is 5.32 Å². The average Bonchev–Trinajstić information content (AvgIpc) is 2.63. The Morgan fingerprint density at radius 2 is 1.59 bits per heavy atom. The molecule has 5 atom stereocenters. The molecular weight excluding hydrogens is 354 g/mol. The number of rotatable bonds is 6. The van der Waals surface area contributed by atoms with Crippen LogP contribution in [0.5, 0.6) is 0 Å². The fraction of sp³-hybridized carbons (Fsp3) is 0.947. The first-order valence-electron chi connectivity index (χ1n) is 10.1. The van der Waals surface area contributed by atoms with E-state index >= 15 is 0 Å². The number of ether oxygens (including phenoxy) is 2. The van der Waals surface area contributed by atoms with Crippen molar-refractivity contribution in [1.29, 1.82) is 0 Å². The minimum atomic E-state index is -1.46. The van der Waals surface area contributed by atoms with Crippen LogP contribution in [-0.2, 0) is 14.3 Å². The number of aliphatic hydroxyl groups excluding tert-OH is 4. The lowest BCUT2D eigenvalue weighted by atomic mass is 9.49. The first-order valence-corrected chi connectivity index (χ1v) is 10.1. The zero-order chi connectivity index (χ0) is 19.2. The van der Waals surface area contributed by atoms with Crippen LogP contribution in [0.15, 0.2) is 0 Å². The van der Waals surface area contributed by atoms with Gasteiger partial charge in [0.2, 0.25) is 5.91 Å². The van der Waals surface area contributed by atoms with Crippen LogP contribution >= 0.6 is 0 Å². The van der Waals surface area contributed by atoms with Gasteiger partial charge in [0.1, 0.15) is 24.4 Å². The van der Waals surface area contributed by atoms with E-state index in [4.69, 9.17) is 9.47 Å². The van der Waals surface area contributed by atoms with Crippen LogP contribution in [0.3, 0.4) is 0 Å². The van der Waals surface area contributed by atoms with Gasteiger partial charge in [-0.3, -0.25) is 4.79 Å². The zero-order valence-electron chi connectivity index (χ0n) is 15.5. The number of carbonyl (C=O) groups is 1. The molecule has 5 N–H and O–H groups in total. The van der Waals surface area contributed by atoms with Gasteiger partial charge in [-0.2, -0.15) is 0 Å². The van der Waals surface area contributed by atoms with Crippen molar-refractivity contribution in [2.24, 2.45) is 23.2 Å². The van der Waals surface area contributed by atoms with Crippen LogP contribution in [0.1, 0.15) is 38.5 Å². The Morgan fingerprint density at radius 3 is 2.15 bits per heavy atom. The number of amides is 1. The van der Waals surface area contributed by atoms with E-state index in [1.807, 2.05) is 0 Å². The monoisotopic (exact) mass is 385 g/mol. The standard InChI is InChI=1S/C19H31NO7/c21-9-13-14(22)15(23)16(24)17(27-13)26-2-1-20-18(25)19-6-10-3-11(7-19)5-12(4-10)8-19/h10-17,21-24H,1-9H2,(H,20,25)/t10?,11?,12?,13-,14-,15+,16-,17-,19?/m0/s1. The smallest absolute Gasteiger partial charge is 0.226 e. The molecule has 1 amide bonds. The maximum atomic E-state index is 12.9. The third kappa shape index (κ3) is 3.63. The highest BCUT2D eigenvalue weighted by molar-refractivity contribution is 5.83. The SMILES string of the molecule is O=C(NCCO[C@H]1O[C@@H](CO)[C@H](O)[C@@H](O)[C@@H]1O)C12CC3CC(CC(C3)C1)C2. The van der Waals surface area contributed by atoms with Crippen molar-refractivity contribution in [2.75, 3.05) is 19.8 Å². The fourth-order valence-electron chi connectivity index (χ4n) is 6.12. The third-order valence-electron chi connectivity index (χ3n) is 7.04. The summed E-state index contributed by atoms with van der Waals surface area (Å²) < 4.78 is 10.7. The number of hydrogen-bond donors (Lipinski definition) is 5. The van der Waals surface area contributed by atoms with Gasteiger partial charge >= 0.3 is 0 Å². The molecule has 27 heavy (non-hydrogen) atoms. The molecule has 0 unspecified atom stereocenters. The van der Waals surface area contributed by atoms with Crippen LogP contribution < -0.4 is 5.32 Å². The van der Waals surface area contributed by atoms with E-state index in [1.54, 1.807) is 0 Å². The molecule has 0 radical (unpaired) electrons. The largest absolute Gasteiger partial charge is 0.394 e. The van der Waals surface area contributed by atoms with Crippen molar-refractivity contribution in [3.05, 3.63) is 0 Å². The normalized spacial score (nSPS) is 48.6. The van der Waals surface area contributed by atoms with Crippen LogP contribution in [0, 0.1) is 23.2 Å². The molecule has 1 aliphatic heterocycles. The van der Waals surface area contributed by atoms with Crippen molar-refractivity contribution >= 4 is 5.91 Å². The molecule has 8 heteroatoms. The van der Waals surface area contributed by atoms with Crippen LogP contribution in [-0.4, -0.2) is 76.8 Å². The van der Waals surface area contributed by atoms with Crippen molar-refractivity contribution in [1.82, 2.24) is 5.32 Å². The highest BCUT2D eigenvalue weighted by Crippen LogP contribution is 2.60. The summed E-state index contributed by atoms with van der Waals surface area (Å²) in [6, 6.07) is 0. The topological polar surface area (TPSA) is 128 Å². The van der Waals surface area contributed by atoms with Crippen LogP contribution in [0.2, 0.25) is 0 Å². The zero-order valence-corrected chi connectivity index (χ0v) is 15.5. The predicted molar refractivity (Wildman–Crippen MR) is 93.3 cm³/mol. The van der Waals surface area contributed by atoms with E-state index in [1.165, 1.54) is 19.3 Å². The summed E-state index contributed by atoms with van der Waals surface area (Å²) in [7, 11) is 0. The van der Waals surface area contributed by atoms with E-state index in [0.717, 1.165) is 19.3 Å². The molecule has 1 saturated heterocycles. The van der Waals surface area contributed by atoms with Gasteiger partial charge in [0.25, 0.3) is 0 Å². The Hall–Kier alpha value is -0.770. The summed E-state index contributed by atoms with van der Waals surface area (Å²) in [4.78, 5) is 12.9. The van der Waals surface area contributed by atoms with E-state index in [-0.39, 0.29) is 24.5 Å². The first-order chi connectivity index (χ1) is 12.9.